The average molecular weight is 248 g/mol. The van der Waals surface area contributed by atoms with Gasteiger partial charge in [0.15, 0.2) is 6.29 Å². The normalized spacial score (nSPS) is 13.5. The van der Waals surface area contributed by atoms with Gasteiger partial charge < -0.3 is 0 Å². The van der Waals surface area contributed by atoms with Crippen LogP contribution in [0.15, 0.2) is 17.1 Å². The summed E-state index contributed by atoms with van der Waals surface area (Å²) in [6.07, 6.45) is 4.36. The predicted molar refractivity (Wildman–Crippen MR) is 62.9 cm³/mol. The van der Waals surface area contributed by atoms with E-state index < -0.39 is 0 Å². The van der Waals surface area contributed by atoms with Gasteiger partial charge in [0.25, 0.3) is 0 Å². The third kappa shape index (κ3) is 11.6. The number of aliphatic imine (C=N–C) groups is 1. The molecule has 0 N–H and O–H groups in total. The highest BCUT2D eigenvalue weighted by Gasteiger charge is 1.90. The molecule has 0 amide bonds. The SMILES string of the molecule is CC.CCN=C(C=O)/C=C\C(C)Br. The second kappa shape index (κ2) is 11.6. The van der Waals surface area contributed by atoms with Gasteiger partial charge in [-0.25, -0.2) is 0 Å². The minimum Gasteiger partial charge on any atom is -0.296 e. The van der Waals surface area contributed by atoms with E-state index >= 15 is 0 Å². The number of hydrogen-bond donors (Lipinski definition) is 0. The van der Waals surface area contributed by atoms with Crippen LogP contribution in [-0.4, -0.2) is 23.4 Å². The van der Waals surface area contributed by atoms with Crippen LogP contribution in [0.4, 0.5) is 0 Å². The summed E-state index contributed by atoms with van der Waals surface area (Å²) in [5, 5.41) is 0. The zero-order valence-electron chi connectivity index (χ0n) is 8.75. The van der Waals surface area contributed by atoms with E-state index in [0.29, 0.717) is 12.3 Å². The molecule has 0 heterocycles. The van der Waals surface area contributed by atoms with Crippen molar-refractivity contribution in [2.75, 3.05) is 6.54 Å². The van der Waals surface area contributed by atoms with Crippen LogP contribution < -0.4 is 0 Å². The number of hydrogen-bond acceptors (Lipinski definition) is 2. The predicted octanol–water partition coefficient (Wildman–Crippen LogP) is 3.01. The molecule has 1 atom stereocenters. The Morgan fingerprint density at radius 3 is 2.38 bits per heavy atom. The molecule has 2 nitrogen and oxygen atoms in total. The zero-order chi connectivity index (χ0) is 10.7. The summed E-state index contributed by atoms with van der Waals surface area (Å²) < 4.78 is 0. The highest BCUT2D eigenvalue weighted by Crippen LogP contribution is 1.98. The summed E-state index contributed by atoms with van der Waals surface area (Å²) >= 11 is 3.33. The Kier molecular flexibility index (Phi) is 13.4. The molecule has 0 fully saturated rings. The summed E-state index contributed by atoms with van der Waals surface area (Å²) in [7, 11) is 0. The number of aldehydes is 1. The van der Waals surface area contributed by atoms with Gasteiger partial charge in [0, 0.05) is 11.4 Å². The van der Waals surface area contributed by atoms with E-state index in [2.05, 4.69) is 20.9 Å². The van der Waals surface area contributed by atoms with Crippen LogP contribution >= 0.6 is 15.9 Å². The molecule has 0 saturated carbocycles. The van der Waals surface area contributed by atoms with Gasteiger partial charge in [0.1, 0.15) is 0 Å². The molecule has 0 rings (SSSR count). The second-order valence-corrected chi connectivity index (χ2v) is 3.50. The Balaban J connectivity index is 0. The summed E-state index contributed by atoms with van der Waals surface area (Å²) in [5.41, 5.74) is 0.499. The van der Waals surface area contributed by atoms with Crippen molar-refractivity contribution < 1.29 is 4.79 Å². The summed E-state index contributed by atoms with van der Waals surface area (Å²) in [4.78, 5) is 14.5. The molecule has 76 valence electrons. The quantitative estimate of drug-likeness (QED) is 0.427. The van der Waals surface area contributed by atoms with Crippen molar-refractivity contribution in [2.24, 2.45) is 4.99 Å². The van der Waals surface area contributed by atoms with Gasteiger partial charge in [-0.2, -0.15) is 0 Å². The average Bonchev–Trinajstić information content (AvgIpc) is 2.15. The third-order valence-corrected chi connectivity index (χ3v) is 1.30. The van der Waals surface area contributed by atoms with E-state index in [-0.39, 0.29) is 4.83 Å². The molecule has 0 aromatic carbocycles. The third-order valence-electron chi connectivity index (χ3n) is 0.994. The molecule has 1 unspecified atom stereocenters. The summed E-state index contributed by atoms with van der Waals surface area (Å²) in [6, 6.07) is 0. The smallest absolute Gasteiger partial charge is 0.167 e. The van der Waals surface area contributed by atoms with Crippen molar-refractivity contribution in [1.82, 2.24) is 0 Å². The van der Waals surface area contributed by atoms with Gasteiger partial charge in [-0.1, -0.05) is 35.9 Å². The first-order valence-electron chi connectivity index (χ1n) is 4.52. The minimum absolute atomic E-state index is 0.282. The molecule has 0 saturated heterocycles. The minimum atomic E-state index is 0.282. The maximum Gasteiger partial charge on any atom is 0.167 e. The molecular formula is C10H18BrNO. The number of allylic oxidation sites excluding steroid dienone is 2. The van der Waals surface area contributed by atoms with Crippen LogP contribution in [-0.2, 0) is 4.79 Å². The van der Waals surface area contributed by atoms with Gasteiger partial charge in [-0.15, -0.1) is 0 Å². The molecule has 0 aliphatic heterocycles. The van der Waals surface area contributed by atoms with Crippen molar-refractivity contribution in [3.63, 3.8) is 0 Å². The summed E-state index contributed by atoms with van der Waals surface area (Å²) in [5.74, 6) is 0. The lowest BCUT2D eigenvalue weighted by Crippen LogP contribution is -1.96. The molecular weight excluding hydrogens is 230 g/mol. The monoisotopic (exact) mass is 247 g/mol. The topological polar surface area (TPSA) is 29.4 Å². The van der Waals surface area contributed by atoms with Crippen molar-refractivity contribution in [1.29, 1.82) is 0 Å². The van der Waals surface area contributed by atoms with Gasteiger partial charge >= 0.3 is 0 Å². The highest BCUT2D eigenvalue weighted by atomic mass is 79.9. The summed E-state index contributed by atoms with van der Waals surface area (Å²) in [6.45, 7) is 8.52. The molecule has 0 aromatic heterocycles. The number of nitrogens with zero attached hydrogens (tertiary/aromatic N) is 1. The standard InChI is InChI=1S/C8H12BrNO.C2H6/c1-3-10-8(6-11)5-4-7(2)9;1-2/h4-7H,3H2,1-2H3;1-2H3/b5-4-,10-8?;. The number of carbonyl (C=O) groups excluding carboxylic acids is 1. The van der Waals surface area contributed by atoms with E-state index in [4.69, 9.17) is 0 Å². The number of alkyl halides is 1. The van der Waals surface area contributed by atoms with Crippen molar-refractivity contribution in [2.45, 2.75) is 32.5 Å². The molecule has 0 bridgehead atoms. The van der Waals surface area contributed by atoms with Crippen LogP contribution in [0.3, 0.4) is 0 Å². The van der Waals surface area contributed by atoms with E-state index in [1.807, 2.05) is 33.8 Å². The van der Waals surface area contributed by atoms with Crippen molar-refractivity contribution in [3.8, 4) is 0 Å². The van der Waals surface area contributed by atoms with Gasteiger partial charge in [0.05, 0.1) is 5.71 Å². The lowest BCUT2D eigenvalue weighted by atomic mass is 10.3. The molecule has 3 heteroatoms. The maximum atomic E-state index is 10.3. The van der Waals surface area contributed by atoms with Crippen LogP contribution in [0, 0.1) is 0 Å². The Bertz CT molecular complexity index is 174. The Morgan fingerprint density at radius 2 is 2.08 bits per heavy atom. The Hall–Kier alpha value is -0.440. The lowest BCUT2D eigenvalue weighted by Gasteiger charge is -1.91. The lowest BCUT2D eigenvalue weighted by molar-refractivity contribution is -0.102. The molecule has 0 aromatic rings. The number of halogens is 1. The Labute approximate surface area is 89.3 Å². The van der Waals surface area contributed by atoms with E-state index in [9.17, 15) is 4.79 Å². The fourth-order valence-electron chi connectivity index (χ4n) is 0.543. The largest absolute Gasteiger partial charge is 0.296 e. The molecule has 0 radical (unpaired) electrons. The first-order valence-corrected chi connectivity index (χ1v) is 5.44. The molecule has 0 spiro atoms. The zero-order valence-corrected chi connectivity index (χ0v) is 10.3. The van der Waals surface area contributed by atoms with E-state index in [0.717, 1.165) is 6.29 Å². The maximum absolute atomic E-state index is 10.3. The van der Waals surface area contributed by atoms with E-state index in [1.165, 1.54) is 0 Å². The highest BCUT2D eigenvalue weighted by molar-refractivity contribution is 9.09. The van der Waals surface area contributed by atoms with Crippen molar-refractivity contribution >= 4 is 27.9 Å². The molecule has 0 aliphatic rings. The number of rotatable bonds is 4. The van der Waals surface area contributed by atoms with Crippen LogP contribution in [0.5, 0.6) is 0 Å². The van der Waals surface area contributed by atoms with Gasteiger partial charge in [-0.05, 0) is 19.9 Å². The Morgan fingerprint density at radius 1 is 1.54 bits per heavy atom. The van der Waals surface area contributed by atoms with Crippen LogP contribution in [0.25, 0.3) is 0 Å². The second-order valence-electron chi connectivity index (χ2n) is 2.05. The van der Waals surface area contributed by atoms with Gasteiger partial charge in [-0.3, -0.25) is 9.79 Å². The fraction of sp³-hybridized carbons (Fsp3) is 0.600. The number of carbonyl (C=O) groups is 1. The molecule has 13 heavy (non-hydrogen) atoms. The van der Waals surface area contributed by atoms with Crippen molar-refractivity contribution in [3.05, 3.63) is 12.2 Å². The van der Waals surface area contributed by atoms with Crippen LogP contribution in [0.2, 0.25) is 0 Å². The van der Waals surface area contributed by atoms with Crippen LogP contribution in [0.1, 0.15) is 27.7 Å². The first-order chi connectivity index (χ1) is 6.20. The van der Waals surface area contributed by atoms with E-state index in [1.54, 1.807) is 6.08 Å². The van der Waals surface area contributed by atoms with Gasteiger partial charge in [0.2, 0.25) is 0 Å². The fourth-order valence-corrected chi connectivity index (χ4v) is 0.696. The first kappa shape index (κ1) is 15.1. The molecule has 0 aliphatic carbocycles.